The molecule has 0 saturated heterocycles. The third-order valence-corrected chi connectivity index (χ3v) is 21.3. The van der Waals surface area contributed by atoms with Crippen molar-refractivity contribution in [1.29, 1.82) is 0 Å². The molecule has 0 aliphatic rings. The number of ketones is 1. The zero-order valence-electron chi connectivity index (χ0n) is 35.7. The molecule has 0 amide bonds. The minimum atomic E-state index is -2.31. The summed E-state index contributed by atoms with van der Waals surface area (Å²) in [5, 5.41) is -0.0737. The van der Waals surface area contributed by atoms with E-state index in [0.717, 1.165) is 37.0 Å². The molecule has 0 spiro atoms. The number of Topliss-reactive ketones (excluding diaryl/α,β-unsaturated/α-hetero) is 1. The van der Waals surface area contributed by atoms with Gasteiger partial charge in [0.1, 0.15) is 11.6 Å². The lowest BCUT2D eigenvalue weighted by Crippen LogP contribution is -2.54. The molecule has 7 nitrogen and oxygen atoms in total. The van der Waals surface area contributed by atoms with E-state index in [1.165, 1.54) is 18.2 Å². The van der Waals surface area contributed by atoms with Crippen molar-refractivity contribution >= 4 is 39.4 Å². The molecule has 2 aromatic rings. The molecule has 0 aliphatic carbocycles. The zero-order valence-corrected chi connectivity index (χ0v) is 37.7. The number of aromatic nitrogens is 2. The van der Waals surface area contributed by atoms with Gasteiger partial charge in [-0.3, -0.25) is 9.59 Å². The van der Waals surface area contributed by atoms with Gasteiger partial charge in [0.2, 0.25) is 0 Å². The second-order valence-corrected chi connectivity index (χ2v) is 28.4. The predicted octanol–water partition coefficient (Wildman–Crippen LogP) is 11.3. The number of fused-ring (bicyclic) bond motifs is 1. The molecule has 2 rings (SSSR count). The molecule has 51 heavy (non-hydrogen) atoms. The Labute approximate surface area is 314 Å². The van der Waals surface area contributed by atoms with Crippen LogP contribution in [0.15, 0.2) is 30.4 Å². The van der Waals surface area contributed by atoms with E-state index < -0.39 is 28.2 Å². The number of hydrogen-bond donors (Lipinski definition) is 0. The van der Waals surface area contributed by atoms with Crippen LogP contribution in [0.2, 0.25) is 36.3 Å². The molecule has 1 aromatic heterocycles. The smallest absolute Gasteiger partial charge is 0.308 e. The lowest BCUT2D eigenvalue weighted by molar-refractivity contribution is -0.148. The summed E-state index contributed by atoms with van der Waals surface area (Å²) in [6, 6.07) is 6.64. The third kappa shape index (κ3) is 11.5. The predicted molar refractivity (Wildman–Crippen MR) is 219 cm³/mol. The van der Waals surface area contributed by atoms with E-state index in [1.54, 1.807) is 0 Å². The van der Waals surface area contributed by atoms with Crippen LogP contribution in [-0.4, -0.2) is 57.3 Å². The van der Waals surface area contributed by atoms with Crippen LogP contribution in [0.1, 0.15) is 126 Å². The van der Waals surface area contributed by atoms with Crippen molar-refractivity contribution < 1.29 is 23.2 Å². The van der Waals surface area contributed by atoms with Gasteiger partial charge in [-0.15, -0.1) is 0 Å². The number of unbranched alkanes of at least 4 members (excludes halogenated alkanes) is 1. The first kappa shape index (κ1) is 45.1. The quantitative estimate of drug-likeness (QED) is 0.0655. The van der Waals surface area contributed by atoms with E-state index in [1.807, 2.05) is 27.7 Å². The van der Waals surface area contributed by atoms with Crippen LogP contribution in [0.4, 0.5) is 0 Å². The summed E-state index contributed by atoms with van der Waals surface area (Å²) < 4.78 is 21.2. The van der Waals surface area contributed by atoms with Gasteiger partial charge in [-0.1, -0.05) is 94.4 Å². The first-order valence-electron chi connectivity index (χ1n) is 19.2. The average Bonchev–Trinajstić information content (AvgIpc) is 3.30. The van der Waals surface area contributed by atoms with Crippen molar-refractivity contribution in [2.24, 2.45) is 24.3 Å². The van der Waals surface area contributed by atoms with Gasteiger partial charge in [0.15, 0.2) is 16.6 Å². The van der Waals surface area contributed by atoms with Gasteiger partial charge in [-0.2, -0.15) is 0 Å². The van der Waals surface area contributed by atoms with E-state index in [2.05, 4.69) is 124 Å². The van der Waals surface area contributed by atoms with E-state index >= 15 is 0 Å². The number of aryl methyl sites for hydroxylation is 2. The SMILES string of the molecule is COC(=O)C[C@H](O[Si](C)(C)C(C)(C)C)C(C)(C)C(=O)[C@H](C)[C@@H](O[Si](C)(C)C(C)(C)C)[C@@H](C)CCC/C=C/C[C@@H](C)c1ccc2c(c1)nc(C)n2C. The Morgan fingerprint density at radius 2 is 1.47 bits per heavy atom. The number of hydrogen-bond acceptors (Lipinski definition) is 6. The minimum absolute atomic E-state index is 0.00147. The largest absolute Gasteiger partial charge is 0.469 e. The fourth-order valence-electron chi connectivity index (χ4n) is 6.25. The highest BCUT2D eigenvalue weighted by Crippen LogP contribution is 2.44. The maximum atomic E-state index is 14.7. The number of benzene rings is 1. The number of imidazole rings is 1. The molecule has 0 fully saturated rings. The summed E-state index contributed by atoms with van der Waals surface area (Å²) in [7, 11) is -1.07. The molecule has 290 valence electrons. The van der Waals surface area contributed by atoms with Crippen molar-refractivity contribution in [3.8, 4) is 0 Å². The highest BCUT2D eigenvalue weighted by molar-refractivity contribution is 6.74. The van der Waals surface area contributed by atoms with E-state index in [-0.39, 0.29) is 46.2 Å². The molecule has 0 aliphatic heterocycles. The average molecular weight is 743 g/mol. The number of nitrogens with zero attached hydrogens (tertiary/aromatic N) is 2. The van der Waals surface area contributed by atoms with Gasteiger partial charge >= 0.3 is 5.97 Å². The molecule has 1 aromatic carbocycles. The fourth-order valence-corrected chi connectivity index (χ4v) is 9.17. The van der Waals surface area contributed by atoms with Crippen molar-refractivity contribution in [3.05, 3.63) is 41.7 Å². The Hall–Kier alpha value is -2.08. The van der Waals surface area contributed by atoms with Crippen LogP contribution in [-0.2, 0) is 30.2 Å². The Bertz CT molecular complexity index is 1490. The molecule has 1 heterocycles. The molecular formula is C42H74N2O5Si2. The Balaban J connectivity index is 2.22. The number of carbonyl (C=O) groups excluding carboxylic acids is 2. The van der Waals surface area contributed by atoms with Gasteiger partial charge in [0.05, 0.1) is 36.8 Å². The van der Waals surface area contributed by atoms with Gasteiger partial charge in [-0.05, 0) is 98.4 Å². The number of allylic oxidation sites excluding steroid dienone is 2. The van der Waals surface area contributed by atoms with E-state index in [0.29, 0.717) is 5.92 Å². The van der Waals surface area contributed by atoms with E-state index in [9.17, 15) is 9.59 Å². The molecule has 0 unspecified atom stereocenters. The summed E-state index contributed by atoms with van der Waals surface area (Å²) in [6.07, 6.45) is 7.78. The van der Waals surface area contributed by atoms with Crippen molar-refractivity contribution in [1.82, 2.24) is 9.55 Å². The summed E-state index contributed by atoms with van der Waals surface area (Å²) in [5.41, 5.74) is 2.63. The maximum Gasteiger partial charge on any atom is 0.308 e. The highest BCUT2D eigenvalue weighted by atomic mass is 28.4. The fraction of sp³-hybridized carbons (Fsp3) is 0.738. The summed E-state index contributed by atoms with van der Waals surface area (Å²) in [6.45, 7) is 34.6. The molecule has 0 bridgehead atoms. The number of esters is 1. The third-order valence-electron chi connectivity index (χ3n) is 12.4. The Morgan fingerprint density at radius 1 is 0.902 bits per heavy atom. The van der Waals surface area contributed by atoms with Gasteiger partial charge in [-0.25, -0.2) is 4.98 Å². The number of carbonyl (C=O) groups is 2. The van der Waals surface area contributed by atoms with Crippen LogP contribution in [0, 0.1) is 24.2 Å². The lowest BCUT2D eigenvalue weighted by atomic mass is 9.73. The molecule has 0 N–H and O–H groups in total. The van der Waals surface area contributed by atoms with Gasteiger partial charge in [0, 0.05) is 18.4 Å². The first-order valence-corrected chi connectivity index (χ1v) is 25.0. The summed E-state index contributed by atoms with van der Waals surface area (Å²) in [4.78, 5) is 32.1. The number of methoxy groups -OCH3 is 1. The van der Waals surface area contributed by atoms with Crippen molar-refractivity contribution in [2.45, 2.75) is 170 Å². The summed E-state index contributed by atoms with van der Waals surface area (Å²) >= 11 is 0. The van der Waals surface area contributed by atoms with Crippen LogP contribution in [0.5, 0.6) is 0 Å². The van der Waals surface area contributed by atoms with E-state index in [4.69, 9.17) is 18.6 Å². The van der Waals surface area contributed by atoms with Crippen LogP contribution >= 0.6 is 0 Å². The normalized spacial score (nSPS) is 16.7. The van der Waals surface area contributed by atoms with Crippen molar-refractivity contribution in [3.63, 3.8) is 0 Å². The highest BCUT2D eigenvalue weighted by Gasteiger charge is 2.50. The minimum Gasteiger partial charge on any atom is -0.469 e. The second kappa shape index (κ2) is 17.4. The van der Waals surface area contributed by atoms with Gasteiger partial charge < -0.3 is 18.2 Å². The standard InChI is InChI=1S/C42H74N2O5Si2/c1-29(33-25-26-35-34(27-33)43-32(4)44(35)13)23-21-19-20-22-24-30(2)38(49-51(17,18)41(8,9)10)31(3)39(46)42(11,12)36(28-37(45)47-14)48-50(15,16)40(5,6)7/h19,21,25-27,29-31,36,38H,20,22-24,28H2,1-18H3/b21-19+/t29-,30+,31-,36+,38+/m1/s1. The van der Waals surface area contributed by atoms with Gasteiger partial charge in [0.25, 0.3) is 0 Å². The second-order valence-electron chi connectivity index (χ2n) is 18.8. The topological polar surface area (TPSA) is 79.7 Å². The Kier molecular flexibility index (Phi) is 15.4. The molecule has 0 saturated carbocycles. The van der Waals surface area contributed by atoms with Crippen LogP contribution < -0.4 is 0 Å². The molecule has 9 heteroatoms. The zero-order chi connectivity index (χ0) is 39.3. The Morgan fingerprint density at radius 3 is 2.02 bits per heavy atom. The first-order chi connectivity index (χ1) is 23.2. The maximum absolute atomic E-state index is 14.7. The summed E-state index contributed by atoms with van der Waals surface area (Å²) in [5.74, 6) is 0.967. The molecule has 5 atom stereocenters. The van der Waals surface area contributed by atoms with Crippen LogP contribution in [0.3, 0.4) is 0 Å². The lowest BCUT2D eigenvalue weighted by Gasteiger charge is -2.46. The number of rotatable bonds is 18. The number of ether oxygens (including phenoxy) is 1. The van der Waals surface area contributed by atoms with Crippen LogP contribution in [0.25, 0.3) is 11.0 Å². The monoisotopic (exact) mass is 743 g/mol. The van der Waals surface area contributed by atoms with Crippen molar-refractivity contribution in [2.75, 3.05) is 7.11 Å². The molecule has 0 radical (unpaired) electrons. The molecular weight excluding hydrogens is 669 g/mol.